The molecule has 3 aromatic carbocycles. The molecule has 4 rings (SSSR count). The molecule has 0 aliphatic carbocycles. The van der Waals surface area contributed by atoms with Gasteiger partial charge in [-0.25, -0.2) is 9.69 Å². The van der Waals surface area contributed by atoms with Gasteiger partial charge in [-0.15, -0.1) is 0 Å². The number of carbonyl (C=O) groups is 4. The Labute approximate surface area is 252 Å². The molecule has 1 aliphatic heterocycles. The zero-order valence-electron chi connectivity index (χ0n) is 23.4. The molecule has 0 radical (unpaired) electrons. The molecule has 1 heterocycles. The lowest BCUT2D eigenvalue weighted by molar-refractivity contribution is -0.122. The van der Waals surface area contributed by atoms with Crippen molar-refractivity contribution in [2.45, 2.75) is 34.6 Å². The highest BCUT2D eigenvalue weighted by Gasteiger charge is 2.37. The van der Waals surface area contributed by atoms with Crippen LogP contribution in [0.5, 0.6) is 11.5 Å². The SMILES string of the molecule is CCOc1cc(/C=C2/C(=O)NC(=O)N(c3ccc(C)c(C)c3)C2=O)cc(I)c1OCC(=O)Nc1cc(C)ccc1C. The second-order valence-corrected chi connectivity index (χ2v) is 10.8. The fourth-order valence-corrected chi connectivity index (χ4v) is 4.97. The molecular weight excluding hydrogens is 637 g/mol. The average Bonchev–Trinajstić information content (AvgIpc) is 2.90. The first-order valence-corrected chi connectivity index (χ1v) is 14.0. The Balaban J connectivity index is 1.59. The van der Waals surface area contributed by atoms with E-state index in [4.69, 9.17) is 9.47 Å². The number of anilines is 2. The largest absolute Gasteiger partial charge is 0.490 e. The molecule has 10 heteroatoms. The standard InChI is InChI=1S/C31H30IN3O6/c1-6-40-26-15-21(14-24(32)28(26)41-16-27(36)33-25-11-17(2)7-8-19(25)4)13-23-29(37)34-31(39)35(30(23)38)22-10-9-18(3)20(5)12-22/h7-15H,6,16H2,1-5H3,(H,33,36)(H,34,37,39)/b23-13-. The number of benzene rings is 3. The van der Waals surface area contributed by atoms with E-state index in [9.17, 15) is 19.2 Å². The van der Waals surface area contributed by atoms with E-state index in [0.29, 0.717) is 38.6 Å². The Kier molecular flexibility index (Phi) is 9.11. The van der Waals surface area contributed by atoms with Crippen molar-refractivity contribution in [1.29, 1.82) is 0 Å². The molecule has 1 fully saturated rings. The monoisotopic (exact) mass is 667 g/mol. The normalized spacial score (nSPS) is 14.2. The smallest absolute Gasteiger partial charge is 0.335 e. The third-order valence-electron chi connectivity index (χ3n) is 6.51. The topological polar surface area (TPSA) is 114 Å². The molecule has 5 amide bonds. The van der Waals surface area contributed by atoms with Crippen LogP contribution in [0.4, 0.5) is 16.2 Å². The zero-order chi connectivity index (χ0) is 29.8. The Bertz CT molecular complexity index is 1600. The predicted molar refractivity (Wildman–Crippen MR) is 165 cm³/mol. The number of nitrogens with zero attached hydrogens (tertiary/aromatic N) is 1. The van der Waals surface area contributed by atoms with Crippen LogP contribution in [0.1, 0.15) is 34.7 Å². The van der Waals surface area contributed by atoms with Crippen molar-refractivity contribution < 1.29 is 28.7 Å². The summed E-state index contributed by atoms with van der Waals surface area (Å²) in [5, 5.41) is 5.11. The summed E-state index contributed by atoms with van der Waals surface area (Å²) < 4.78 is 12.2. The quantitative estimate of drug-likeness (QED) is 0.184. The lowest BCUT2D eigenvalue weighted by Crippen LogP contribution is -2.54. The van der Waals surface area contributed by atoms with E-state index in [-0.39, 0.29) is 18.1 Å². The maximum absolute atomic E-state index is 13.4. The van der Waals surface area contributed by atoms with Crippen molar-refractivity contribution in [2.75, 3.05) is 23.4 Å². The first-order valence-electron chi connectivity index (χ1n) is 12.9. The molecule has 2 N–H and O–H groups in total. The molecule has 0 aromatic heterocycles. The highest BCUT2D eigenvalue weighted by atomic mass is 127. The van der Waals surface area contributed by atoms with Gasteiger partial charge in [-0.3, -0.25) is 19.7 Å². The number of hydrogen-bond donors (Lipinski definition) is 2. The van der Waals surface area contributed by atoms with Gasteiger partial charge in [0.05, 0.1) is 15.9 Å². The average molecular weight is 667 g/mol. The molecule has 0 unspecified atom stereocenters. The molecule has 0 spiro atoms. The lowest BCUT2D eigenvalue weighted by atomic mass is 10.0. The van der Waals surface area contributed by atoms with Crippen LogP contribution in [0.15, 0.2) is 54.1 Å². The molecular formula is C31H30IN3O6. The first-order chi connectivity index (χ1) is 19.5. The minimum atomic E-state index is -0.812. The van der Waals surface area contributed by atoms with E-state index in [1.807, 2.05) is 74.6 Å². The Morgan fingerprint density at radius 1 is 0.951 bits per heavy atom. The number of rotatable bonds is 8. The van der Waals surface area contributed by atoms with Crippen molar-refractivity contribution in [1.82, 2.24) is 5.32 Å². The van der Waals surface area contributed by atoms with Gasteiger partial charge >= 0.3 is 6.03 Å². The third-order valence-corrected chi connectivity index (χ3v) is 7.31. The molecule has 41 heavy (non-hydrogen) atoms. The molecule has 3 aromatic rings. The number of amides is 5. The van der Waals surface area contributed by atoms with Gasteiger partial charge in [0.15, 0.2) is 18.1 Å². The van der Waals surface area contributed by atoms with Gasteiger partial charge in [0, 0.05) is 5.69 Å². The van der Waals surface area contributed by atoms with Crippen molar-refractivity contribution in [2.24, 2.45) is 0 Å². The molecule has 0 saturated carbocycles. The first kappa shape index (κ1) is 29.8. The van der Waals surface area contributed by atoms with E-state index >= 15 is 0 Å². The Morgan fingerprint density at radius 3 is 2.39 bits per heavy atom. The van der Waals surface area contributed by atoms with Gasteiger partial charge in [0.2, 0.25) is 0 Å². The summed E-state index contributed by atoms with van der Waals surface area (Å²) in [6.45, 7) is 9.53. The highest BCUT2D eigenvalue weighted by molar-refractivity contribution is 14.1. The van der Waals surface area contributed by atoms with Crippen LogP contribution < -0.4 is 25.0 Å². The van der Waals surface area contributed by atoms with Gasteiger partial charge in [-0.05, 0) is 121 Å². The Morgan fingerprint density at radius 2 is 1.68 bits per heavy atom. The van der Waals surface area contributed by atoms with E-state index in [2.05, 4.69) is 10.6 Å². The number of imide groups is 2. The molecule has 1 saturated heterocycles. The maximum atomic E-state index is 13.4. The molecule has 0 atom stereocenters. The molecule has 1 aliphatic rings. The number of halogens is 1. The number of barbiturate groups is 1. The number of urea groups is 1. The summed E-state index contributed by atoms with van der Waals surface area (Å²) >= 11 is 2.04. The number of hydrogen-bond acceptors (Lipinski definition) is 6. The van der Waals surface area contributed by atoms with E-state index in [0.717, 1.165) is 27.2 Å². The van der Waals surface area contributed by atoms with E-state index in [1.54, 1.807) is 31.2 Å². The van der Waals surface area contributed by atoms with Crippen LogP contribution in [0.3, 0.4) is 0 Å². The summed E-state index contributed by atoms with van der Waals surface area (Å²) in [5.74, 6) is -1.16. The van der Waals surface area contributed by atoms with Crippen LogP contribution >= 0.6 is 22.6 Å². The summed E-state index contributed by atoms with van der Waals surface area (Å²) in [7, 11) is 0. The van der Waals surface area contributed by atoms with Crippen LogP contribution in [0, 0.1) is 31.3 Å². The maximum Gasteiger partial charge on any atom is 0.335 e. The van der Waals surface area contributed by atoms with Crippen LogP contribution in [-0.2, 0) is 14.4 Å². The van der Waals surface area contributed by atoms with Crippen LogP contribution in [0.25, 0.3) is 6.08 Å². The number of aryl methyl sites for hydroxylation is 4. The van der Waals surface area contributed by atoms with Gasteiger partial charge in [0.1, 0.15) is 5.57 Å². The van der Waals surface area contributed by atoms with Crippen molar-refractivity contribution in [3.05, 3.63) is 85.5 Å². The van der Waals surface area contributed by atoms with Gasteiger partial charge < -0.3 is 14.8 Å². The highest BCUT2D eigenvalue weighted by Crippen LogP contribution is 2.35. The summed E-state index contributed by atoms with van der Waals surface area (Å²) in [5.41, 5.74) is 5.22. The number of nitrogens with one attached hydrogen (secondary N) is 2. The summed E-state index contributed by atoms with van der Waals surface area (Å²) in [4.78, 5) is 52.2. The van der Waals surface area contributed by atoms with Gasteiger partial charge in [0.25, 0.3) is 17.7 Å². The Hall–Kier alpha value is -4.19. The minimum absolute atomic E-state index is 0.206. The number of ether oxygens (including phenoxy) is 2. The fraction of sp³-hybridized carbons (Fsp3) is 0.226. The molecule has 9 nitrogen and oxygen atoms in total. The van der Waals surface area contributed by atoms with E-state index in [1.165, 1.54) is 6.08 Å². The fourth-order valence-electron chi connectivity index (χ4n) is 4.19. The number of carbonyl (C=O) groups excluding carboxylic acids is 4. The molecule has 212 valence electrons. The van der Waals surface area contributed by atoms with Crippen LogP contribution in [-0.4, -0.2) is 37.0 Å². The van der Waals surface area contributed by atoms with Gasteiger partial charge in [-0.1, -0.05) is 18.2 Å². The zero-order valence-corrected chi connectivity index (χ0v) is 25.5. The van der Waals surface area contributed by atoms with E-state index < -0.39 is 17.8 Å². The predicted octanol–water partition coefficient (Wildman–Crippen LogP) is 5.61. The van der Waals surface area contributed by atoms with Crippen LogP contribution in [0.2, 0.25) is 0 Å². The lowest BCUT2D eigenvalue weighted by Gasteiger charge is -2.27. The third kappa shape index (κ3) is 6.76. The summed E-state index contributed by atoms with van der Waals surface area (Å²) in [6, 6.07) is 13.5. The second kappa shape index (κ2) is 12.5. The van der Waals surface area contributed by atoms with Gasteiger partial charge in [-0.2, -0.15) is 0 Å². The van der Waals surface area contributed by atoms with Crippen molar-refractivity contribution >= 4 is 63.8 Å². The molecule has 0 bridgehead atoms. The van der Waals surface area contributed by atoms with Crippen molar-refractivity contribution in [3.63, 3.8) is 0 Å². The minimum Gasteiger partial charge on any atom is -0.490 e. The summed E-state index contributed by atoms with van der Waals surface area (Å²) in [6.07, 6.45) is 1.40. The van der Waals surface area contributed by atoms with Crippen molar-refractivity contribution in [3.8, 4) is 11.5 Å². The second-order valence-electron chi connectivity index (χ2n) is 9.64.